The third-order valence-electron chi connectivity index (χ3n) is 1.79. The summed E-state index contributed by atoms with van der Waals surface area (Å²) in [5, 5.41) is 0. The van der Waals surface area contributed by atoms with Crippen molar-refractivity contribution < 1.29 is 4.18 Å². The van der Waals surface area contributed by atoms with Gasteiger partial charge in [-0.25, -0.2) is 0 Å². The highest BCUT2D eigenvalue weighted by Gasteiger charge is 2.06. The minimum absolute atomic E-state index is 1.40. The average molecular weight is 2080 g/mol. The van der Waals surface area contributed by atoms with Gasteiger partial charge in [-0.3, -0.25) is 0 Å². The molecule has 0 aliphatic heterocycles. The van der Waals surface area contributed by atoms with Gasteiger partial charge in [0, 0.05) is 531 Å². The number of rotatable bonds is 63. The molecule has 0 aliphatic carbocycles. The van der Waals surface area contributed by atoms with Gasteiger partial charge in [0.15, 0.2) is 0 Å². The molecule has 0 heterocycles. The van der Waals surface area contributed by atoms with Gasteiger partial charge >= 0.3 is 0 Å². The lowest BCUT2D eigenvalue weighted by Gasteiger charge is -2.00. The molecular formula is CH4OS64. The SMILES string of the molecule is COSSSSSSSSSSSSSSSSSSSSSSSSSSSSSSSSSSSSSSSSSSSSSSSSSSSSSSSSSSSSSSSS. The standard InChI is InChI=1S/CH4OS64/c1-2-4-6-8-10-12-14-16-18-20-22-24-26-28-30-32-34-36-38-40-42-44-46-48-50-52-54-56-58-60-62-64-66-65-63-61-59-57-55-53-51-49-47-45-43-41-39-37-35-33-31-29-27-25-23-21-19-17-15-13-11-9-7-5-3/h3H,1H3. The molecule has 0 spiro atoms. The molecule has 0 aromatic rings. The van der Waals surface area contributed by atoms with Gasteiger partial charge in [0.25, 0.3) is 0 Å². The highest BCUT2D eigenvalue weighted by molar-refractivity contribution is 9.64. The zero-order valence-corrected chi connectivity index (χ0v) is 79.9. The minimum Gasteiger partial charge on any atom is -0.308 e. The van der Waals surface area contributed by atoms with Crippen molar-refractivity contribution in [3.05, 3.63) is 0 Å². The maximum atomic E-state index is 4.92. The van der Waals surface area contributed by atoms with E-state index >= 15 is 0 Å². The molecule has 0 fully saturated rings. The largest absolute Gasteiger partial charge is 0.308 e. The molecule has 0 saturated heterocycles. The van der Waals surface area contributed by atoms with Crippen LogP contribution in [0.5, 0.6) is 0 Å². The number of hydrogen-bond donors (Lipinski definition) is 1. The summed E-state index contributed by atoms with van der Waals surface area (Å²) in [6.45, 7) is 0. The lowest BCUT2D eigenvalue weighted by molar-refractivity contribution is 0.498. The molecule has 1 nitrogen and oxygen atoms in total. The zero-order chi connectivity index (χ0) is 47.3. The summed E-state index contributed by atoms with van der Waals surface area (Å²) in [7, 11) is 114. The van der Waals surface area contributed by atoms with Crippen LogP contribution < -0.4 is 0 Å². The van der Waals surface area contributed by atoms with Crippen molar-refractivity contribution in [1.82, 2.24) is 0 Å². The fraction of sp³-hybridized carbons (Fsp3) is 1.00. The van der Waals surface area contributed by atoms with Gasteiger partial charge in [-0.1, -0.05) is 11.7 Å². The van der Waals surface area contributed by atoms with E-state index in [0.717, 1.165) is 0 Å². The maximum Gasteiger partial charge on any atom is 0.0746 e. The number of thiol groups is 1. The second-order valence-corrected chi connectivity index (χ2v) is 115. The molecule has 0 N–H and O–H groups in total. The fourth-order valence-corrected chi connectivity index (χ4v) is 167. The summed E-state index contributed by atoms with van der Waals surface area (Å²) in [5.74, 6) is 0. The monoisotopic (exact) mass is 2080 g/mol. The molecule has 0 saturated carbocycles. The summed E-state index contributed by atoms with van der Waals surface area (Å²) in [6.07, 6.45) is 0. The van der Waals surface area contributed by atoms with E-state index in [2.05, 4.69) is 11.7 Å². The molecule has 0 aromatic heterocycles. The Kier molecular flexibility index (Phi) is 117. The van der Waals surface area contributed by atoms with Crippen molar-refractivity contribution in [2.24, 2.45) is 0 Å². The highest BCUT2D eigenvalue weighted by atomic mass is 34.1. The van der Waals surface area contributed by atoms with E-state index in [-0.39, 0.29) is 0 Å². The number of hydrogen-bond acceptors (Lipinski definition) is 65. The van der Waals surface area contributed by atoms with Crippen molar-refractivity contribution in [2.45, 2.75) is 0 Å². The molecule has 0 aliphatic rings. The van der Waals surface area contributed by atoms with Crippen LogP contribution in [0.1, 0.15) is 0 Å². The van der Waals surface area contributed by atoms with Crippen LogP contribution in [0.4, 0.5) is 0 Å². The molecule has 0 atom stereocenters. The molecule has 0 bridgehead atoms. The first-order valence-electron chi connectivity index (χ1n) is 11.1. The molecule has 0 rings (SSSR count). The first kappa shape index (κ1) is 88.4. The highest BCUT2D eigenvalue weighted by Crippen LogP contribution is 2.70. The second kappa shape index (κ2) is 87.4. The van der Waals surface area contributed by atoms with E-state index in [4.69, 9.17) is 4.18 Å². The van der Waals surface area contributed by atoms with Crippen molar-refractivity contribution in [3.63, 3.8) is 0 Å². The van der Waals surface area contributed by atoms with Gasteiger partial charge in [0.05, 0.1) is 18.2 Å². The lowest BCUT2D eigenvalue weighted by atomic mass is 11.8. The van der Waals surface area contributed by atoms with E-state index in [1.54, 1.807) is 115 Å². The first-order valence-corrected chi connectivity index (χ1v) is 95.6. The Morgan fingerprint density at radius 3 is 0.333 bits per heavy atom. The predicted molar refractivity (Wildman–Crippen MR) is 494 cm³/mol. The van der Waals surface area contributed by atoms with Crippen LogP contribution in [-0.2, 0) is 4.18 Å². The molecule has 0 radical (unpaired) electrons. The Hall–Kier alpha value is 22.4. The third-order valence-corrected chi connectivity index (χ3v) is 139. The Bertz CT molecular complexity index is 719. The molecule has 398 valence electrons. The van der Waals surface area contributed by atoms with E-state index < -0.39 is 0 Å². The molecule has 0 unspecified atom stereocenters. The maximum absolute atomic E-state index is 4.92. The van der Waals surface area contributed by atoms with E-state index in [0.29, 0.717) is 0 Å². The second-order valence-electron chi connectivity index (χ2n) is 4.46. The summed E-state index contributed by atoms with van der Waals surface area (Å²) in [6, 6.07) is 0. The average Bonchev–Trinajstić information content (AvgIpc) is 3.33. The summed E-state index contributed by atoms with van der Waals surface area (Å²) in [5.41, 5.74) is 0. The molecule has 66 heavy (non-hydrogen) atoms. The van der Waals surface area contributed by atoms with Gasteiger partial charge in [0.1, 0.15) is 0 Å². The molecule has 65 heteroatoms. The Morgan fingerprint density at radius 2 is 0.242 bits per heavy atom. The van der Waals surface area contributed by atoms with Crippen LogP contribution in [0.2, 0.25) is 0 Å². The smallest absolute Gasteiger partial charge is 0.0746 e. The van der Waals surface area contributed by atoms with Crippen molar-refractivity contribution in [3.8, 4) is 0 Å². The van der Waals surface area contributed by atoms with Crippen molar-refractivity contribution in [2.75, 3.05) is 7.11 Å². The van der Waals surface area contributed by atoms with Gasteiger partial charge in [-0.15, -0.1) is 0 Å². The summed E-state index contributed by atoms with van der Waals surface area (Å²) >= 11 is 5.49. The van der Waals surface area contributed by atoms with Crippen LogP contribution >= 0.6 is 632 Å². The topological polar surface area (TPSA) is 9.23 Å². The van der Waals surface area contributed by atoms with Crippen LogP contribution in [-0.4, -0.2) is 7.11 Å². The molecule has 0 aromatic carbocycles. The van der Waals surface area contributed by atoms with Gasteiger partial charge < -0.3 is 4.18 Å². The Labute approximate surface area is 625 Å². The third kappa shape index (κ3) is 86.4. The van der Waals surface area contributed by atoms with Gasteiger partial charge in [-0.2, -0.15) is 0 Å². The molecule has 0 amide bonds. The van der Waals surface area contributed by atoms with E-state index in [1.165, 1.54) is 20.9 Å². The Morgan fingerprint density at radius 1 is 0.152 bits per heavy atom. The summed E-state index contributed by atoms with van der Waals surface area (Å²) < 4.78 is 4.92. The predicted octanol–water partition coefficient (Wildman–Crippen LogP) is 41.3. The first-order chi connectivity index (χ1) is 32.9. The van der Waals surface area contributed by atoms with Crippen LogP contribution in [0.15, 0.2) is 0 Å². The summed E-state index contributed by atoms with van der Waals surface area (Å²) in [4.78, 5) is 0. The van der Waals surface area contributed by atoms with E-state index in [9.17, 15) is 0 Å². The lowest BCUT2D eigenvalue weighted by Crippen LogP contribution is -1.51. The van der Waals surface area contributed by atoms with Crippen LogP contribution in [0.3, 0.4) is 0 Å². The van der Waals surface area contributed by atoms with Crippen LogP contribution in [0.25, 0.3) is 0 Å². The van der Waals surface area contributed by atoms with Crippen molar-refractivity contribution >= 4 is 632 Å². The Balaban J connectivity index is 3.06. The van der Waals surface area contributed by atoms with Gasteiger partial charge in [-0.05, 0) is 78.6 Å². The molecular weight excluding hydrogens is 2080 g/mol. The fourth-order valence-electron chi connectivity index (χ4n) is 0.721. The zero-order valence-electron chi connectivity index (χ0n) is 27.6. The normalized spacial score (nSPS) is 11.7. The minimum atomic E-state index is 1.40. The quantitative estimate of drug-likeness (QED) is 0.0268. The van der Waals surface area contributed by atoms with Crippen molar-refractivity contribution in [1.29, 1.82) is 0 Å². The van der Waals surface area contributed by atoms with E-state index in [1.807, 2.05) is 491 Å². The van der Waals surface area contributed by atoms with Crippen LogP contribution in [0, 0.1) is 0 Å². The van der Waals surface area contributed by atoms with Gasteiger partial charge in [0.2, 0.25) is 0 Å².